The third kappa shape index (κ3) is 2.81. The van der Waals surface area contributed by atoms with Gasteiger partial charge in [0, 0.05) is 6.20 Å². The minimum Gasteiger partial charge on any atom is -0.507 e. The summed E-state index contributed by atoms with van der Waals surface area (Å²) in [6, 6.07) is 14.3. The van der Waals surface area contributed by atoms with Crippen LogP contribution < -0.4 is 5.32 Å². The number of aromatic hydroxyl groups is 1. The number of hydrogen-bond donors (Lipinski definition) is 2. The first-order valence-electron chi connectivity index (χ1n) is 6.50. The van der Waals surface area contributed by atoms with Crippen LogP contribution in [0.4, 0.5) is 0 Å². The average molecular weight is 279 g/mol. The molecular formula is C16H13N3O2. The second-order valence-corrected chi connectivity index (χ2v) is 4.61. The van der Waals surface area contributed by atoms with Gasteiger partial charge in [-0.2, -0.15) is 10.2 Å². The molecule has 0 fully saturated rings. The predicted molar refractivity (Wildman–Crippen MR) is 78.8 cm³/mol. The molecule has 1 amide bonds. The van der Waals surface area contributed by atoms with Crippen molar-refractivity contribution in [2.75, 3.05) is 0 Å². The molecular weight excluding hydrogens is 266 g/mol. The zero-order chi connectivity index (χ0) is 14.7. The SMILES string of the molecule is O=C(NCc1cccnn1)c1cc2ccccc2cc1O. The molecule has 0 atom stereocenters. The van der Waals surface area contributed by atoms with Gasteiger partial charge in [0.25, 0.3) is 5.91 Å². The van der Waals surface area contributed by atoms with Crippen LogP contribution in [0.1, 0.15) is 16.1 Å². The van der Waals surface area contributed by atoms with Gasteiger partial charge in [0.05, 0.1) is 17.8 Å². The van der Waals surface area contributed by atoms with E-state index < -0.39 is 0 Å². The van der Waals surface area contributed by atoms with Crippen molar-refractivity contribution in [2.45, 2.75) is 6.54 Å². The third-order valence-corrected chi connectivity index (χ3v) is 3.17. The van der Waals surface area contributed by atoms with Crippen LogP contribution in [0.15, 0.2) is 54.7 Å². The lowest BCUT2D eigenvalue weighted by Gasteiger charge is -2.08. The second-order valence-electron chi connectivity index (χ2n) is 4.61. The standard InChI is InChI=1S/C16H13N3O2/c20-15-9-12-5-2-1-4-11(12)8-14(15)16(21)17-10-13-6-3-7-18-19-13/h1-9,20H,10H2,(H,17,21). The monoisotopic (exact) mass is 279 g/mol. The van der Waals surface area contributed by atoms with Crippen molar-refractivity contribution in [2.24, 2.45) is 0 Å². The van der Waals surface area contributed by atoms with E-state index in [9.17, 15) is 9.90 Å². The summed E-state index contributed by atoms with van der Waals surface area (Å²) in [6.45, 7) is 0.263. The topological polar surface area (TPSA) is 75.1 Å². The molecule has 0 saturated heterocycles. The zero-order valence-corrected chi connectivity index (χ0v) is 11.2. The Balaban J connectivity index is 1.82. The minimum atomic E-state index is -0.344. The van der Waals surface area contributed by atoms with Crippen molar-refractivity contribution in [1.82, 2.24) is 15.5 Å². The fraction of sp³-hybridized carbons (Fsp3) is 0.0625. The number of amides is 1. The Morgan fingerprint density at radius 2 is 1.86 bits per heavy atom. The number of phenols is 1. The molecule has 0 radical (unpaired) electrons. The van der Waals surface area contributed by atoms with Crippen LogP contribution in [0.5, 0.6) is 5.75 Å². The van der Waals surface area contributed by atoms with Crippen LogP contribution in [-0.4, -0.2) is 21.2 Å². The molecule has 3 aromatic rings. The summed E-state index contributed by atoms with van der Waals surface area (Å²) < 4.78 is 0. The molecule has 0 spiro atoms. The normalized spacial score (nSPS) is 10.5. The maximum Gasteiger partial charge on any atom is 0.255 e. The molecule has 2 N–H and O–H groups in total. The number of benzene rings is 2. The number of fused-ring (bicyclic) bond motifs is 1. The van der Waals surface area contributed by atoms with Crippen LogP contribution in [-0.2, 0) is 6.54 Å². The van der Waals surface area contributed by atoms with E-state index in [0.717, 1.165) is 10.8 Å². The van der Waals surface area contributed by atoms with Crippen LogP contribution >= 0.6 is 0 Å². The molecule has 1 heterocycles. The Morgan fingerprint density at radius 1 is 1.10 bits per heavy atom. The first-order valence-corrected chi connectivity index (χ1v) is 6.50. The number of nitrogens with zero attached hydrogens (tertiary/aromatic N) is 2. The van der Waals surface area contributed by atoms with Crippen LogP contribution in [0.2, 0.25) is 0 Å². The van der Waals surface area contributed by atoms with E-state index in [1.807, 2.05) is 24.3 Å². The summed E-state index contributed by atoms with van der Waals surface area (Å²) in [4.78, 5) is 12.2. The largest absolute Gasteiger partial charge is 0.507 e. The number of rotatable bonds is 3. The van der Waals surface area contributed by atoms with E-state index in [1.165, 1.54) is 0 Å². The number of nitrogens with one attached hydrogen (secondary N) is 1. The molecule has 3 rings (SSSR count). The highest BCUT2D eigenvalue weighted by atomic mass is 16.3. The molecule has 5 heteroatoms. The second kappa shape index (κ2) is 5.58. The van der Waals surface area contributed by atoms with Crippen molar-refractivity contribution < 1.29 is 9.90 Å². The van der Waals surface area contributed by atoms with E-state index in [4.69, 9.17) is 0 Å². The van der Waals surface area contributed by atoms with Crippen LogP contribution in [0.3, 0.4) is 0 Å². The molecule has 0 saturated carbocycles. The quantitative estimate of drug-likeness (QED) is 0.771. The summed E-state index contributed by atoms with van der Waals surface area (Å²) >= 11 is 0. The molecule has 0 unspecified atom stereocenters. The van der Waals surface area contributed by atoms with E-state index >= 15 is 0 Å². The van der Waals surface area contributed by atoms with Gasteiger partial charge in [-0.15, -0.1) is 0 Å². The smallest absolute Gasteiger partial charge is 0.255 e. The molecule has 104 valence electrons. The average Bonchev–Trinajstić information content (AvgIpc) is 2.53. The number of aromatic nitrogens is 2. The van der Waals surface area contributed by atoms with E-state index in [-0.39, 0.29) is 23.8 Å². The summed E-state index contributed by atoms with van der Waals surface area (Å²) in [5, 5.41) is 22.1. The lowest BCUT2D eigenvalue weighted by molar-refractivity contribution is 0.0948. The van der Waals surface area contributed by atoms with Gasteiger partial charge in [0.2, 0.25) is 0 Å². The fourth-order valence-corrected chi connectivity index (χ4v) is 2.10. The Hall–Kier alpha value is -2.95. The van der Waals surface area contributed by atoms with Crippen molar-refractivity contribution in [1.29, 1.82) is 0 Å². The van der Waals surface area contributed by atoms with Crippen molar-refractivity contribution in [3.05, 3.63) is 66.0 Å². The van der Waals surface area contributed by atoms with E-state index in [2.05, 4.69) is 15.5 Å². The molecule has 21 heavy (non-hydrogen) atoms. The molecule has 0 aliphatic heterocycles. The van der Waals surface area contributed by atoms with E-state index in [0.29, 0.717) is 5.69 Å². The highest BCUT2D eigenvalue weighted by molar-refractivity contribution is 6.01. The highest BCUT2D eigenvalue weighted by Gasteiger charge is 2.12. The Labute approximate surface area is 121 Å². The van der Waals surface area contributed by atoms with Crippen molar-refractivity contribution in [3.63, 3.8) is 0 Å². The maximum atomic E-state index is 12.2. The Morgan fingerprint density at radius 3 is 2.57 bits per heavy atom. The first-order chi connectivity index (χ1) is 10.2. The third-order valence-electron chi connectivity index (χ3n) is 3.17. The predicted octanol–water partition coefficient (Wildman–Crippen LogP) is 2.27. The summed E-state index contributed by atoms with van der Waals surface area (Å²) in [7, 11) is 0. The van der Waals surface area contributed by atoms with Crippen molar-refractivity contribution in [3.8, 4) is 5.75 Å². The van der Waals surface area contributed by atoms with Gasteiger partial charge < -0.3 is 10.4 Å². The lowest BCUT2D eigenvalue weighted by Crippen LogP contribution is -2.23. The summed E-state index contributed by atoms with van der Waals surface area (Å²) in [5.41, 5.74) is 0.906. The fourth-order valence-electron chi connectivity index (χ4n) is 2.10. The summed E-state index contributed by atoms with van der Waals surface area (Å²) in [5.74, 6) is -0.380. The van der Waals surface area contributed by atoms with Gasteiger partial charge in [0.1, 0.15) is 5.75 Å². The zero-order valence-electron chi connectivity index (χ0n) is 11.2. The maximum absolute atomic E-state index is 12.2. The lowest BCUT2D eigenvalue weighted by atomic mass is 10.1. The Kier molecular flexibility index (Phi) is 3.47. The highest BCUT2D eigenvalue weighted by Crippen LogP contribution is 2.24. The Bertz CT molecular complexity index is 788. The van der Waals surface area contributed by atoms with Gasteiger partial charge in [0.15, 0.2) is 0 Å². The number of hydrogen-bond acceptors (Lipinski definition) is 4. The molecule has 2 aromatic carbocycles. The molecule has 0 aliphatic rings. The number of phenolic OH excluding ortho intramolecular Hbond substituents is 1. The van der Waals surface area contributed by atoms with Gasteiger partial charge in [-0.05, 0) is 35.0 Å². The summed E-state index contributed by atoms with van der Waals surface area (Å²) in [6.07, 6.45) is 1.57. The number of carbonyl (C=O) groups is 1. The van der Waals surface area contributed by atoms with Gasteiger partial charge >= 0.3 is 0 Å². The van der Waals surface area contributed by atoms with Gasteiger partial charge in [-0.25, -0.2) is 0 Å². The van der Waals surface area contributed by atoms with Crippen LogP contribution in [0.25, 0.3) is 10.8 Å². The van der Waals surface area contributed by atoms with Gasteiger partial charge in [-0.3, -0.25) is 4.79 Å². The molecule has 1 aromatic heterocycles. The van der Waals surface area contributed by atoms with Gasteiger partial charge in [-0.1, -0.05) is 24.3 Å². The van der Waals surface area contributed by atoms with Crippen LogP contribution in [0, 0.1) is 0 Å². The number of carbonyl (C=O) groups excluding carboxylic acids is 1. The molecule has 0 aliphatic carbocycles. The molecule has 5 nitrogen and oxygen atoms in total. The minimum absolute atomic E-state index is 0.0367. The van der Waals surface area contributed by atoms with Crippen molar-refractivity contribution >= 4 is 16.7 Å². The van der Waals surface area contributed by atoms with E-state index in [1.54, 1.807) is 30.5 Å². The molecule has 0 bridgehead atoms. The first kappa shape index (κ1) is 13.1.